The van der Waals surface area contributed by atoms with Gasteiger partial charge < -0.3 is 14.2 Å². The smallest absolute Gasteiger partial charge is 0.363 e. The molecule has 2 aromatic carbocycles. The fourth-order valence-corrected chi connectivity index (χ4v) is 2.54. The molecule has 0 amide bonds. The predicted molar refractivity (Wildman–Crippen MR) is 101 cm³/mol. The van der Waals surface area contributed by atoms with Gasteiger partial charge in [0.1, 0.15) is 5.75 Å². The number of nitrogens with zero attached hydrogens (tertiary/aromatic N) is 1. The Balaban J connectivity index is 1.72. The van der Waals surface area contributed by atoms with Gasteiger partial charge in [0.05, 0.1) is 17.2 Å². The molecule has 0 aromatic heterocycles. The third-order valence-corrected chi connectivity index (χ3v) is 3.90. The largest absolute Gasteiger partial charge is 0.482 e. The van der Waals surface area contributed by atoms with Crippen LogP contribution >= 0.6 is 11.6 Å². The highest BCUT2D eigenvalue weighted by atomic mass is 35.5. The van der Waals surface area contributed by atoms with E-state index in [1.54, 1.807) is 61.5 Å². The van der Waals surface area contributed by atoms with E-state index < -0.39 is 11.9 Å². The van der Waals surface area contributed by atoms with Crippen LogP contribution in [0.15, 0.2) is 59.2 Å². The Morgan fingerprint density at radius 3 is 2.63 bits per heavy atom. The van der Waals surface area contributed by atoms with E-state index in [2.05, 4.69) is 4.99 Å². The number of halogens is 1. The molecule has 7 heteroatoms. The number of carbonyl (C=O) groups excluding carboxylic acids is 2. The van der Waals surface area contributed by atoms with E-state index in [9.17, 15) is 9.59 Å². The minimum absolute atomic E-state index is 0.161. The first-order chi connectivity index (χ1) is 13.1. The summed E-state index contributed by atoms with van der Waals surface area (Å²) in [7, 11) is 0. The van der Waals surface area contributed by atoms with Crippen LogP contribution in [0.25, 0.3) is 6.08 Å². The van der Waals surface area contributed by atoms with E-state index in [1.165, 1.54) is 0 Å². The summed E-state index contributed by atoms with van der Waals surface area (Å²) in [6, 6.07) is 13.8. The monoisotopic (exact) mass is 385 g/mol. The molecule has 0 unspecified atom stereocenters. The van der Waals surface area contributed by atoms with Crippen LogP contribution in [0, 0.1) is 0 Å². The van der Waals surface area contributed by atoms with Crippen molar-refractivity contribution < 1.29 is 23.8 Å². The standard InChI is InChI=1S/C20H16ClNO5/c1-2-25-18(23)12-26-14-9-7-13(8-10-14)11-17-20(24)27-19(22-17)15-5-3-4-6-16(15)21/h3-11H,2,12H2,1H3/b17-11-. The van der Waals surface area contributed by atoms with E-state index in [0.29, 0.717) is 22.9 Å². The summed E-state index contributed by atoms with van der Waals surface area (Å²) >= 11 is 6.11. The van der Waals surface area contributed by atoms with Gasteiger partial charge in [0.2, 0.25) is 5.90 Å². The van der Waals surface area contributed by atoms with Crippen molar-refractivity contribution in [2.45, 2.75) is 6.92 Å². The molecule has 0 radical (unpaired) electrons. The SMILES string of the molecule is CCOC(=O)COc1ccc(/C=C2\N=C(c3ccccc3Cl)OC2=O)cc1. The van der Waals surface area contributed by atoms with E-state index in [4.69, 9.17) is 25.8 Å². The van der Waals surface area contributed by atoms with Crippen molar-refractivity contribution in [2.24, 2.45) is 4.99 Å². The van der Waals surface area contributed by atoms with Gasteiger partial charge in [-0.05, 0) is 42.8 Å². The summed E-state index contributed by atoms with van der Waals surface area (Å²) in [6.07, 6.45) is 1.60. The van der Waals surface area contributed by atoms with Gasteiger partial charge in [-0.25, -0.2) is 14.6 Å². The highest BCUT2D eigenvalue weighted by molar-refractivity contribution is 6.34. The van der Waals surface area contributed by atoms with Crippen LogP contribution in [0.5, 0.6) is 5.75 Å². The quantitative estimate of drug-likeness (QED) is 0.560. The Morgan fingerprint density at radius 1 is 1.19 bits per heavy atom. The third-order valence-electron chi connectivity index (χ3n) is 3.57. The molecule has 0 atom stereocenters. The van der Waals surface area contributed by atoms with E-state index in [0.717, 1.165) is 5.56 Å². The average molecular weight is 386 g/mol. The number of aliphatic imine (C=N–C) groups is 1. The molecule has 0 saturated carbocycles. The summed E-state index contributed by atoms with van der Waals surface area (Å²) in [5, 5.41) is 0.452. The second-order valence-corrected chi connectivity index (χ2v) is 5.89. The first-order valence-electron chi connectivity index (χ1n) is 8.23. The van der Waals surface area contributed by atoms with Crippen LogP contribution in [0.4, 0.5) is 0 Å². The molecule has 6 nitrogen and oxygen atoms in total. The van der Waals surface area contributed by atoms with Crippen molar-refractivity contribution in [2.75, 3.05) is 13.2 Å². The minimum atomic E-state index is -0.549. The number of benzene rings is 2. The number of hydrogen-bond acceptors (Lipinski definition) is 6. The van der Waals surface area contributed by atoms with Crippen LogP contribution in [0.3, 0.4) is 0 Å². The maximum Gasteiger partial charge on any atom is 0.363 e. The van der Waals surface area contributed by atoms with Crippen LogP contribution < -0.4 is 4.74 Å². The van der Waals surface area contributed by atoms with Crippen molar-refractivity contribution in [3.05, 3.63) is 70.4 Å². The first kappa shape index (κ1) is 18.7. The number of carbonyl (C=O) groups is 2. The topological polar surface area (TPSA) is 74.2 Å². The minimum Gasteiger partial charge on any atom is -0.482 e. The molecule has 0 bridgehead atoms. The molecule has 0 fully saturated rings. The predicted octanol–water partition coefficient (Wildman–Crippen LogP) is 3.63. The van der Waals surface area contributed by atoms with E-state index >= 15 is 0 Å². The molecular formula is C20H16ClNO5. The molecule has 0 spiro atoms. The van der Waals surface area contributed by atoms with Gasteiger partial charge in [-0.15, -0.1) is 0 Å². The molecule has 27 heavy (non-hydrogen) atoms. The third kappa shape index (κ3) is 4.74. The Bertz CT molecular complexity index is 918. The lowest BCUT2D eigenvalue weighted by molar-refractivity contribution is -0.145. The number of cyclic esters (lactones) is 1. The lowest BCUT2D eigenvalue weighted by atomic mass is 10.2. The number of ether oxygens (including phenoxy) is 3. The normalized spacial score (nSPS) is 14.7. The van der Waals surface area contributed by atoms with Crippen molar-refractivity contribution >= 4 is 35.5 Å². The molecule has 0 saturated heterocycles. The zero-order valence-corrected chi connectivity index (χ0v) is 15.2. The number of esters is 2. The highest BCUT2D eigenvalue weighted by Gasteiger charge is 2.25. The second-order valence-electron chi connectivity index (χ2n) is 5.48. The molecule has 3 rings (SSSR count). The van der Waals surface area contributed by atoms with Gasteiger partial charge in [0.15, 0.2) is 12.3 Å². The van der Waals surface area contributed by atoms with E-state index in [-0.39, 0.29) is 18.2 Å². The maximum atomic E-state index is 12.1. The van der Waals surface area contributed by atoms with Gasteiger partial charge in [0.25, 0.3) is 0 Å². The number of hydrogen-bond donors (Lipinski definition) is 0. The van der Waals surface area contributed by atoms with Gasteiger partial charge in [0, 0.05) is 0 Å². The summed E-state index contributed by atoms with van der Waals surface area (Å²) < 4.78 is 15.3. The Labute approximate surface area is 161 Å². The summed E-state index contributed by atoms with van der Waals surface area (Å²) in [4.78, 5) is 27.6. The fraction of sp³-hybridized carbons (Fsp3) is 0.150. The summed E-state index contributed by atoms with van der Waals surface area (Å²) in [6.45, 7) is 1.88. The fourth-order valence-electron chi connectivity index (χ4n) is 2.32. The lowest BCUT2D eigenvalue weighted by Gasteiger charge is -2.05. The van der Waals surface area contributed by atoms with Crippen molar-refractivity contribution in [3.63, 3.8) is 0 Å². The maximum absolute atomic E-state index is 12.1. The van der Waals surface area contributed by atoms with Crippen LogP contribution in [-0.4, -0.2) is 31.1 Å². The Morgan fingerprint density at radius 2 is 1.93 bits per heavy atom. The lowest BCUT2D eigenvalue weighted by Crippen LogP contribution is -2.14. The van der Waals surface area contributed by atoms with Crippen molar-refractivity contribution in [1.82, 2.24) is 0 Å². The molecular weight excluding hydrogens is 370 g/mol. The molecule has 1 aliphatic heterocycles. The Hall–Kier alpha value is -3.12. The summed E-state index contributed by atoms with van der Waals surface area (Å²) in [5.41, 5.74) is 1.46. The first-order valence-corrected chi connectivity index (χ1v) is 8.60. The summed E-state index contributed by atoms with van der Waals surface area (Å²) in [5.74, 6) is -0.294. The molecule has 0 N–H and O–H groups in total. The van der Waals surface area contributed by atoms with Gasteiger partial charge >= 0.3 is 11.9 Å². The van der Waals surface area contributed by atoms with Crippen molar-refractivity contribution in [1.29, 1.82) is 0 Å². The zero-order chi connectivity index (χ0) is 19.2. The van der Waals surface area contributed by atoms with Gasteiger partial charge in [-0.1, -0.05) is 35.9 Å². The second kappa shape index (κ2) is 8.51. The number of rotatable bonds is 6. The van der Waals surface area contributed by atoms with Gasteiger partial charge in [-0.2, -0.15) is 0 Å². The average Bonchev–Trinajstić information content (AvgIpc) is 3.02. The zero-order valence-electron chi connectivity index (χ0n) is 14.5. The molecule has 2 aromatic rings. The molecule has 1 heterocycles. The van der Waals surface area contributed by atoms with Crippen LogP contribution in [-0.2, 0) is 19.1 Å². The van der Waals surface area contributed by atoms with E-state index in [1.807, 2.05) is 0 Å². The van der Waals surface area contributed by atoms with Gasteiger partial charge in [-0.3, -0.25) is 0 Å². The van der Waals surface area contributed by atoms with Crippen LogP contribution in [0.1, 0.15) is 18.1 Å². The molecule has 0 aliphatic carbocycles. The Kier molecular flexibility index (Phi) is 5.88. The molecule has 138 valence electrons. The van der Waals surface area contributed by atoms with Crippen molar-refractivity contribution in [3.8, 4) is 5.75 Å². The molecule has 1 aliphatic rings. The highest BCUT2D eigenvalue weighted by Crippen LogP contribution is 2.24. The van der Waals surface area contributed by atoms with Crippen LogP contribution in [0.2, 0.25) is 5.02 Å².